The van der Waals surface area contributed by atoms with Gasteiger partial charge in [0.2, 0.25) is 11.6 Å². The third kappa shape index (κ3) is 2.55. The molecule has 138 valence electrons. The molecule has 0 saturated carbocycles. The van der Waals surface area contributed by atoms with E-state index in [9.17, 15) is 4.79 Å². The lowest BCUT2D eigenvalue weighted by atomic mass is 10.2. The smallest absolute Gasteiger partial charge is 0.262 e. The number of aryl methyl sites for hydroxylation is 1. The van der Waals surface area contributed by atoms with Crippen molar-refractivity contribution in [1.82, 2.24) is 39.4 Å². The van der Waals surface area contributed by atoms with Gasteiger partial charge in [-0.15, -0.1) is 20.4 Å². The molecule has 0 aliphatic heterocycles. The van der Waals surface area contributed by atoms with Gasteiger partial charge < -0.3 is 0 Å². The molecule has 0 spiro atoms. The molecule has 0 radical (unpaired) electrons. The maximum Gasteiger partial charge on any atom is 0.262 e. The van der Waals surface area contributed by atoms with Crippen LogP contribution in [0.25, 0.3) is 28.1 Å². The average molecular weight is 393 g/mol. The van der Waals surface area contributed by atoms with Crippen LogP contribution in [0, 0.1) is 0 Å². The van der Waals surface area contributed by atoms with E-state index >= 15 is 0 Å². The van der Waals surface area contributed by atoms with Crippen molar-refractivity contribution >= 4 is 28.3 Å². The van der Waals surface area contributed by atoms with E-state index < -0.39 is 0 Å². The molecule has 3 heterocycles. The molecular formula is C18H13ClN8O. The zero-order valence-corrected chi connectivity index (χ0v) is 15.4. The van der Waals surface area contributed by atoms with Gasteiger partial charge in [-0.25, -0.2) is 0 Å². The second kappa shape index (κ2) is 6.24. The van der Waals surface area contributed by atoms with Crippen molar-refractivity contribution in [1.29, 1.82) is 0 Å². The van der Waals surface area contributed by atoms with Crippen LogP contribution in [0.2, 0.25) is 5.02 Å². The summed E-state index contributed by atoms with van der Waals surface area (Å²) >= 11 is 5.92. The number of benzene rings is 2. The molecule has 10 heteroatoms. The first-order valence-corrected chi connectivity index (χ1v) is 8.85. The Morgan fingerprint density at radius 3 is 2.61 bits per heavy atom. The molecule has 9 nitrogen and oxygen atoms in total. The highest BCUT2D eigenvalue weighted by Gasteiger charge is 2.16. The van der Waals surface area contributed by atoms with Crippen LogP contribution in [0.1, 0.15) is 5.82 Å². The van der Waals surface area contributed by atoms with Crippen LogP contribution < -0.4 is 5.56 Å². The molecule has 0 bridgehead atoms. The Labute approximate surface area is 162 Å². The molecule has 0 N–H and O–H groups in total. The fourth-order valence-electron chi connectivity index (χ4n) is 3.15. The lowest BCUT2D eigenvalue weighted by Gasteiger charge is -2.07. The number of para-hydroxylation sites is 1. The summed E-state index contributed by atoms with van der Waals surface area (Å²) in [6.45, 7) is 0.254. The van der Waals surface area contributed by atoms with Gasteiger partial charge in [0.25, 0.3) is 5.56 Å². The number of tetrazole rings is 1. The van der Waals surface area contributed by atoms with Gasteiger partial charge in [0.15, 0.2) is 5.82 Å². The topological polar surface area (TPSA) is 95.8 Å². The fourth-order valence-corrected chi connectivity index (χ4v) is 3.27. The third-order valence-electron chi connectivity index (χ3n) is 4.53. The Balaban J connectivity index is 1.60. The van der Waals surface area contributed by atoms with Crippen molar-refractivity contribution in [3.8, 4) is 11.4 Å². The minimum atomic E-state index is -0.119. The second-order valence-corrected chi connectivity index (χ2v) is 6.72. The Kier molecular flexibility index (Phi) is 3.69. The van der Waals surface area contributed by atoms with Crippen LogP contribution in [-0.2, 0) is 13.6 Å². The summed E-state index contributed by atoms with van der Waals surface area (Å²) in [4.78, 5) is 14.0. The lowest BCUT2D eigenvalue weighted by Crippen LogP contribution is -2.20. The Morgan fingerprint density at radius 1 is 1.00 bits per heavy atom. The summed E-state index contributed by atoms with van der Waals surface area (Å²) in [5.74, 6) is 1.54. The number of nitrogens with zero attached hydrogens (tertiary/aromatic N) is 8. The van der Waals surface area contributed by atoms with Gasteiger partial charge in [0.05, 0.1) is 10.9 Å². The van der Waals surface area contributed by atoms with Gasteiger partial charge in [-0.2, -0.15) is 4.80 Å². The Bertz CT molecular complexity index is 1380. The van der Waals surface area contributed by atoms with Crippen LogP contribution in [0.5, 0.6) is 0 Å². The number of hydrogen-bond acceptors (Lipinski definition) is 6. The van der Waals surface area contributed by atoms with Gasteiger partial charge in [-0.05, 0) is 41.6 Å². The SMILES string of the molecule is Cn1c(=O)c2ccccc2n2c(Cn3nnc(-c4ccc(Cl)cc4)n3)nnc12. The molecule has 2 aromatic carbocycles. The van der Waals surface area contributed by atoms with E-state index in [4.69, 9.17) is 11.6 Å². The molecule has 5 aromatic rings. The van der Waals surface area contributed by atoms with E-state index in [0.717, 1.165) is 11.1 Å². The van der Waals surface area contributed by atoms with E-state index in [1.165, 1.54) is 9.36 Å². The summed E-state index contributed by atoms with van der Waals surface area (Å²) in [6, 6.07) is 14.6. The van der Waals surface area contributed by atoms with Crippen molar-refractivity contribution in [3.05, 3.63) is 69.7 Å². The fraction of sp³-hybridized carbons (Fsp3) is 0.111. The molecule has 0 saturated heterocycles. The standard InChI is InChI=1S/C18H13ClN8O/c1-25-17(28)13-4-2-3-5-14(13)27-15(20-22-18(25)27)10-26-23-16(21-24-26)11-6-8-12(19)9-7-11/h2-9H,10H2,1H3. The minimum absolute atomic E-state index is 0.119. The summed E-state index contributed by atoms with van der Waals surface area (Å²) in [5.41, 5.74) is 1.43. The average Bonchev–Trinajstić information content (AvgIpc) is 3.35. The van der Waals surface area contributed by atoms with Gasteiger partial charge in [-0.1, -0.05) is 23.7 Å². The summed E-state index contributed by atoms with van der Waals surface area (Å²) in [7, 11) is 1.68. The highest BCUT2D eigenvalue weighted by molar-refractivity contribution is 6.30. The summed E-state index contributed by atoms with van der Waals surface area (Å²) < 4.78 is 3.31. The van der Waals surface area contributed by atoms with Gasteiger partial charge in [0, 0.05) is 17.6 Å². The molecular weight excluding hydrogens is 380 g/mol. The summed E-state index contributed by atoms with van der Waals surface area (Å²) in [5, 5.41) is 22.3. The molecule has 0 unspecified atom stereocenters. The minimum Gasteiger partial charge on any atom is -0.279 e. The normalized spacial score (nSPS) is 11.5. The predicted molar refractivity (Wildman–Crippen MR) is 103 cm³/mol. The number of halogens is 1. The first kappa shape index (κ1) is 16.6. The van der Waals surface area contributed by atoms with Crippen molar-refractivity contribution in [2.45, 2.75) is 6.54 Å². The van der Waals surface area contributed by atoms with E-state index in [0.29, 0.717) is 27.8 Å². The molecule has 5 rings (SSSR count). The molecule has 0 fully saturated rings. The van der Waals surface area contributed by atoms with Crippen molar-refractivity contribution in [2.75, 3.05) is 0 Å². The van der Waals surface area contributed by atoms with E-state index in [2.05, 4.69) is 25.6 Å². The number of aromatic nitrogens is 8. The van der Waals surface area contributed by atoms with Crippen molar-refractivity contribution < 1.29 is 0 Å². The highest BCUT2D eigenvalue weighted by atomic mass is 35.5. The molecule has 28 heavy (non-hydrogen) atoms. The van der Waals surface area contributed by atoms with Crippen LogP contribution >= 0.6 is 11.6 Å². The molecule has 0 atom stereocenters. The third-order valence-corrected chi connectivity index (χ3v) is 4.78. The highest BCUT2D eigenvalue weighted by Crippen LogP contribution is 2.18. The maximum absolute atomic E-state index is 12.5. The quantitative estimate of drug-likeness (QED) is 0.465. The number of hydrogen-bond donors (Lipinski definition) is 0. The lowest BCUT2D eigenvalue weighted by molar-refractivity contribution is 0.552. The second-order valence-electron chi connectivity index (χ2n) is 6.28. The monoisotopic (exact) mass is 392 g/mol. The molecule has 0 aliphatic carbocycles. The Morgan fingerprint density at radius 2 is 1.79 bits per heavy atom. The zero-order chi connectivity index (χ0) is 19.3. The molecule has 0 aliphatic rings. The van der Waals surface area contributed by atoms with Crippen LogP contribution in [0.3, 0.4) is 0 Å². The van der Waals surface area contributed by atoms with E-state index in [-0.39, 0.29) is 12.1 Å². The number of fused-ring (bicyclic) bond motifs is 3. The predicted octanol–water partition coefficient (Wildman–Crippen LogP) is 1.94. The molecule has 0 amide bonds. The van der Waals surface area contributed by atoms with Gasteiger partial charge in [0.1, 0.15) is 6.54 Å². The summed E-state index contributed by atoms with van der Waals surface area (Å²) in [6.07, 6.45) is 0. The maximum atomic E-state index is 12.5. The van der Waals surface area contributed by atoms with Gasteiger partial charge in [-0.3, -0.25) is 13.8 Å². The first-order valence-electron chi connectivity index (χ1n) is 8.47. The van der Waals surface area contributed by atoms with Crippen LogP contribution in [0.15, 0.2) is 53.3 Å². The number of rotatable bonds is 3. The van der Waals surface area contributed by atoms with Crippen molar-refractivity contribution in [3.63, 3.8) is 0 Å². The zero-order valence-electron chi connectivity index (χ0n) is 14.7. The molecule has 3 aromatic heterocycles. The van der Waals surface area contributed by atoms with Crippen LogP contribution in [-0.4, -0.2) is 39.4 Å². The first-order chi connectivity index (χ1) is 13.6. The Hall–Kier alpha value is -3.59. The van der Waals surface area contributed by atoms with Gasteiger partial charge >= 0.3 is 0 Å². The largest absolute Gasteiger partial charge is 0.279 e. The van der Waals surface area contributed by atoms with Crippen molar-refractivity contribution in [2.24, 2.45) is 7.05 Å². The van der Waals surface area contributed by atoms with E-state index in [1.807, 2.05) is 34.7 Å². The van der Waals surface area contributed by atoms with E-state index in [1.54, 1.807) is 25.2 Å². The van der Waals surface area contributed by atoms with Crippen LogP contribution in [0.4, 0.5) is 0 Å².